The number of nitrogens with zero attached hydrogens (tertiary/aromatic N) is 3. The molecule has 1 aromatic rings. The molecule has 1 atom stereocenters. The van der Waals surface area contributed by atoms with Gasteiger partial charge in [0.25, 0.3) is 0 Å². The second kappa shape index (κ2) is 6.68. The Morgan fingerprint density at radius 3 is 2.74 bits per heavy atom. The van der Waals surface area contributed by atoms with Crippen molar-refractivity contribution >= 4 is 12.4 Å². The molecule has 19 heavy (non-hydrogen) atoms. The summed E-state index contributed by atoms with van der Waals surface area (Å²) in [6, 6.07) is 0. The molecule has 1 aliphatic rings. The minimum atomic E-state index is -0.533. The van der Waals surface area contributed by atoms with Crippen LogP contribution in [0.4, 0.5) is 0 Å². The van der Waals surface area contributed by atoms with Crippen LogP contribution in [-0.2, 0) is 12.1 Å². The number of likely N-dealkylation sites (tertiary alicyclic amines) is 1. The Labute approximate surface area is 121 Å². The van der Waals surface area contributed by atoms with Crippen molar-refractivity contribution in [2.45, 2.75) is 52.1 Å². The second-order valence-electron chi connectivity index (χ2n) is 6.05. The smallest absolute Gasteiger partial charge is 0.240 e. The lowest BCUT2D eigenvalue weighted by Gasteiger charge is -2.17. The Bertz CT molecular complexity index is 388. The molecule has 0 radical (unpaired) electrons. The predicted molar refractivity (Wildman–Crippen MR) is 77.1 cm³/mol. The van der Waals surface area contributed by atoms with Crippen LogP contribution in [0.15, 0.2) is 4.52 Å². The maximum Gasteiger partial charge on any atom is 0.240 e. The summed E-state index contributed by atoms with van der Waals surface area (Å²) in [6.45, 7) is 9.07. The van der Waals surface area contributed by atoms with Crippen LogP contribution >= 0.6 is 12.4 Å². The molecule has 1 aliphatic heterocycles. The SMILES string of the molecule is CC1CCCN(Cc2nc(C(C)(C)N)no2)CC1.Cl. The van der Waals surface area contributed by atoms with Crippen molar-refractivity contribution in [2.24, 2.45) is 11.7 Å². The fraction of sp³-hybridized carbons (Fsp3) is 0.846. The van der Waals surface area contributed by atoms with Gasteiger partial charge in [-0.2, -0.15) is 4.98 Å². The number of hydrogen-bond donors (Lipinski definition) is 1. The fourth-order valence-corrected chi connectivity index (χ4v) is 2.25. The normalized spacial score (nSPS) is 21.8. The van der Waals surface area contributed by atoms with Crippen molar-refractivity contribution in [3.05, 3.63) is 11.7 Å². The van der Waals surface area contributed by atoms with Crippen molar-refractivity contribution < 1.29 is 4.52 Å². The maximum absolute atomic E-state index is 5.95. The molecule has 2 N–H and O–H groups in total. The summed E-state index contributed by atoms with van der Waals surface area (Å²) in [6.07, 6.45) is 3.83. The monoisotopic (exact) mass is 288 g/mol. The number of hydrogen-bond acceptors (Lipinski definition) is 5. The third-order valence-electron chi connectivity index (χ3n) is 3.51. The van der Waals surface area contributed by atoms with Crippen LogP contribution in [0.2, 0.25) is 0 Å². The van der Waals surface area contributed by atoms with E-state index < -0.39 is 5.54 Å². The van der Waals surface area contributed by atoms with Crippen molar-refractivity contribution in [2.75, 3.05) is 13.1 Å². The van der Waals surface area contributed by atoms with E-state index in [1.165, 1.54) is 19.3 Å². The summed E-state index contributed by atoms with van der Waals surface area (Å²) < 4.78 is 5.28. The van der Waals surface area contributed by atoms with Gasteiger partial charge in [-0.25, -0.2) is 0 Å². The number of nitrogens with two attached hydrogens (primary N) is 1. The molecular formula is C13H25ClN4O. The molecule has 1 aromatic heterocycles. The molecule has 0 aromatic carbocycles. The lowest BCUT2D eigenvalue weighted by atomic mass is 10.0. The predicted octanol–water partition coefficient (Wildman–Crippen LogP) is 2.31. The van der Waals surface area contributed by atoms with Crippen LogP contribution in [0, 0.1) is 5.92 Å². The molecule has 6 heteroatoms. The van der Waals surface area contributed by atoms with Crippen LogP contribution in [0.3, 0.4) is 0 Å². The quantitative estimate of drug-likeness (QED) is 0.924. The summed E-state index contributed by atoms with van der Waals surface area (Å²) >= 11 is 0. The van der Waals surface area contributed by atoms with Crippen LogP contribution in [-0.4, -0.2) is 28.1 Å². The third kappa shape index (κ3) is 4.75. The van der Waals surface area contributed by atoms with Gasteiger partial charge in [-0.05, 0) is 52.1 Å². The van der Waals surface area contributed by atoms with Crippen molar-refractivity contribution in [3.8, 4) is 0 Å². The van der Waals surface area contributed by atoms with Gasteiger partial charge in [0.05, 0.1) is 12.1 Å². The average molecular weight is 289 g/mol. The Kier molecular flexibility index (Phi) is 5.77. The Balaban J connectivity index is 0.00000180. The third-order valence-corrected chi connectivity index (χ3v) is 3.51. The van der Waals surface area contributed by atoms with E-state index in [0.717, 1.165) is 25.6 Å². The van der Waals surface area contributed by atoms with E-state index in [9.17, 15) is 0 Å². The van der Waals surface area contributed by atoms with Gasteiger partial charge < -0.3 is 10.3 Å². The highest BCUT2D eigenvalue weighted by atomic mass is 35.5. The van der Waals surface area contributed by atoms with Gasteiger partial charge in [-0.3, -0.25) is 4.90 Å². The van der Waals surface area contributed by atoms with Gasteiger partial charge in [-0.1, -0.05) is 12.1 Å². The summed E-state index contributed by atoms with van der Waals surface area (Å²) in [5, 5.41) is 3.95. The molecule has 0 bridgehead atoms. The Hall–Kier alpha value is -0.650. The van der Waals surface area contributed by atoms with E-state index in [-0.39, 0.29) is 12.4 Å². The second-order valence-corrected chi connectivity index (χ2v) is 6.05. The molecule has 0 saturated carbocycles. The van der Waals surface area contributed by atoms with Gasteiger partial charge in [-0.15, -0.1) is 12.4 Å². The zero-order valence-corrected chi connectivity index (χ0v) is 12.9. The lowest BCUT2D eigenvalue weighted by molar-refractivity contribution is 0.231. The largest absolute Gasteiger partial charge is 0.338 e. The standard InChI is InChI=1S/C13H24N4O.ClH/c1-10-5-4-7-17(8-6-10)9-11-15-12(16-18-11)13(2,3)14;/h10H,4-9,14H2,1-3H3;1H. The highest BCUT2D eigenvalue weighted by Gasteiger charge is 2.22. The first-order valence-electron chi connectivity index (χ1n) is 6.79. The fourth-order valence-electron chi connectivity index (χ4n) is 2.25. The van der Waals surface area contributed by atoms with Crippen LogP contribution in [0.1, 0.15) is 51.7 Å². The number of aromatic nitrogens is 2. The molecule has 5 nitrogen and oxygen atoms in total. The molecule has 0 amide bonds. The van der Waals surface area contributed by atoms with E-state index in [2.05, 4.69) is 22.0 Å². The van der Waals surface area contributed by atoms with Crippen molar-refractivity contribution in [1.82, 2.24) is 15.0 Å². The number of rotatable bonds is 3. The first-order chi connectivity index (χ1) is 8.45. The van der Waals surface area contributed by atoms with Gasteiger partial charge in [0.1, 0.15) is 0 Å². The maximum atomic E-state index is 5.95. The Morgan fingerprint density at radius 2 is 2.11 bits per heavy atom. The molecular weight excluding hydrogens is 264 g/mol. The van der Waals surface area contributed by atoms with E-state index in [0.29, 0.717) is 11.7 Å². The molecule has 0 aliphatic carbocycles. The van der Waals surface area contributed by atoms with Crippen molar-refractivity contribution in [3.63, 3.8) is 0 Å². The molecule has 110 valence electrons. The first kappa shape index (κ1) is 16.4. The summed E-state index contributed by atoms with van der Waals surface area (Å²) in [5.74, 6) is 2.09. The van der Waals surface area contributed by atoms with Gasteiger partial charge in [0.15, 0.2) is 5.82 Å². The van der Waals surface area contributed by atoms with Gasteiger partial charge >= 0.3 is 0 Å². The summed E-state index contributed by atoms with van der Waals surface area (Å²) in [7, 11) is 0. The molecule has 1 fully saturated rings. The van der Waals surface area contributed by atoms with Crippen molar-refractivity contribution in [1.29, 1.82) is 0 Å². The highest BCUT2D eigenvalue weighted by Crippen LogP contribution is 2.18. The summed E-state index contributed by atoms with van der Waals surface area (Å²) in [5.41, 5.74) is 5.42. The molecule has 2 rings (SSSR count). The van der Waals surface area contributed by atoms with Crippen LogP contribution < -0.4 is 5.73 Å². The summed E-state index contributed by atoms with van der Waals surface area (Å²) in [4.78, 5) is 6.77. The number of halogens is 1. The van der Waals surface area contributed by atoms with Crippen LogP contribution in [0.5, 0.6) is 0 Å². The zero-order chi connectivity index (χ0) is 13.2. The molecule has 0 spiro atoms. The van der Waals surface area contributed by atoms with E-state index >= 15 is 0 Å². The highest BCUT2D eigenvalue weighted by molar-refractivity contribution is 5.85. The van der Waals surface area contributed by atoms with E-state index in [1.54, 1.807) is 0 Å². The van der Waals surface area contributed by atoms with Crippen LogP contribution in [0.25, 0.3) is 0 Å². The zero-order valence-electron chi connectivity index (χ0n) is 12.1. The molecule has 1 saturated heterocycles. The Morgan fingerprint density at radius 1 is 1.37 bits per heavy atom. The topological polar surface area (TPSA) is 68.2 Å². The van der Waals surface area contributed by atoms with E-state index in [1.807, 2.05) is 13.8 Å². The van der Waals surface area contributed by atoms with Gasteiger partial charge in [0.2, 0.25) is 5.89 Å². The minimum Gasteiger partial charge on any atom is -0.338 e. The van der Waals surface area contributed by atoms with Gasteiger partial charge in [0, 0.05) is 0 Å². The average Bonchev–Trinajstić information content (AvgIpc) is 2.65. The lowest BCUT2D eigenvalue weighted by Crippen LogP contribution is -2.30. The molecule has 2 heterocycles. The first-order valence-corrected chi connectivity index (χ1v) is 6.79. The minimum absolute atomic E-state index is 0. The molecule has 1 unspecified atom stereocenters. The van der Waals surface area contributed by atoms with E-state index in [4.69, 9.17) is 10.3 Å².